The molecule has 4 nitrogen and oxygen atoms in total. The van der Waals surface area contributed by atoms with E-state index in [2.05, 4.69) is 0 Å². The Balaban J connectivity index is 1.90. The number of hydrogen-bond acceptors (Lipinski definition) is 3. The van der Waals surface area contributed by atoms with Crippen molar-refractivity contribution in [2.45, 2.75) is 6.92 Å². The molecule has 0 atom stereocenters. The quantitative estimate of drug-likeness (QED) is 0.849. The average molecular weight is 292 g/mol. The number of amidine groups is 1. The molecule has 0 aromatic heterocycles. The monoisotopic (exact) mass is 292 g/mol. The average Bonchev–Trinajstić information content (AvgIpc) is 2.83. The van der Waals surface area contributed by atoms with Crippen LogP contribution < -0.4 is 4.90 Å². The maximum atomic E-state index is 11.3. The first-order valence-corrected chi connectivity index (χ1v) is 7.03. The van der Waals surface area contributed by atoms with Crippen molar-refractivity contribution < 1.29 is 9.90 Å². The minimum atomic E-state index is 0.00833. The Morgan fingerprint density at radius 3 is 2.32 bits per heavy atom. The maximum absolute atomic E-state index is 11.3. The highest BCUT2D eigenvalue weighted by Gasteiger charge is 2.29. The van der Waals surface area contributed by atoms with Crippen LogP contribution in [0, 0.1) is 5.41 Å². The number of aliphatic hydroxyl groups is 1. The highest BCUT2D eigenvalue weighted by molar-refractivity contribution is 6.30. The van der Waals surface area contributed by atoms with Gasteiger partial charge in [0.15, 0.2) is 5.78 Å². The molecule has 1 aliphatic heterocycles. The van der Waals surface area contributed by atoms with Crippen LogP contribution in [-0.2, 0) is 0 Å². The van der Waals surface area contributed by atoms with Gasteiger partial charge in [-0.15, -0.1) is 0 Å². The first-order chi connectivity index (χ1) is 10.6. The van der Waals surface area contributed by atoms with Crippen molar-refractivity contribution in [1.29, 1.82) is 5.41 Å². The second kappa shape index (κ2) is 5.48. The molecule has 0 saturated heterocycles. The third-order valence-corrected chi connectivity index (χ3v) is 3.75. The summed E-state index contributed by atoms with van der Waals surface area (Å²) in [6, 6.07) is 16.5. The fourth-order valence-electron chi connectivity index (χ4n) is 2.58. The molecule has 1 heterocycles. The Morgan fingerprint density at radius 2 is 1.73 bits per heavy atom. The smallest absolute Gasteiger partial charge is 0.159 e. The Bertz CT molecular complexity index is 761. The number of Topliss-reactive ketones (excluding diaryl/α,β-unsaturated/α-hetero) is 1. The van der Waals surface area contributed by atoms with Crippen molar-refractivity contribution in [3.8, 4) is 0 Å². The lowest BCUT2D eigenvalue weighted by Crippen LogP contribution is -2.26. The lowest BCUT2D eigenvalue weighted by Gasteiger charge is -2.19. The van der Waals surface area contributed by atoms with E-state index in [1.54, 1.807) is 29.2 Å². The molecule has 2 N–H and O–H groups in total. The topological polar surface area (TPSA) is 64.4 Å². The number of ketones is 1. The summed E-state index contributed by atoms with van der Waals surface area (Å²) in [5.74, 6) is 0.458. The number of aliphatic hydroxyl groups excluding tert-OH is 1. The van der Waals surface area contributed by atoms with Crippen molar-refractivity contribution in [1.82, 2.24) is 0 Å². The third kappa shape index (κ3) is 2.39. The SMILES string of the molecule is CC(=O)c1ccc(N2CC(O)=C(c3ccccc3)C2=N)cc1. The van der Waals surface area contributed by atoms with Gasteiger partial charge in [0.2, 0.25) is 0 Å². The number of anilines is 1. The third-order valence-electron chi connectivity index (χ3n) is 3.75. The summed E-state index contributed by atoms with van der Waals surface area (Å²) in [7, 11) is 0. The Kier molecular flexibility index (Phi) is 3.51. The van der Waals surface area contributed by atoms with Gasteiger partial charge in [0.25, 0.3) is 0 Å². The summed E-state index contributed by atoms with van der Waals surface area (Å²) in [6.07, 6.45) is 0. The first kappa shape index (κ1) is 14.1. The largest absolute Gasteiger partial charge is 0.510 e. The van der Waals surface area contributed by atoms with Gasteiger partial charge in [-0.05, 0) is 36.8 Å². The van der Waals surface area contributed by atoms with E-state index in [-0.39, 0.29) is 23.9 Å². The molecular weight excluding hydrogens is 276 g/mol. The maximum Gasteiger partial charge on any atom is 0.159 e. The normalized spacial score (nSPS) is 14.6. The van der Waals surface area contributed by atoms with Gasteiger partial charge in [0.05, 0.1) is 12.1 Å². The van der Waals surface area contributed by atoms with Crippen LogP contribution in [-0.4, -0.2) is 23.3 Å². The Morgan fingerprint density at radius 1 is 1.09 bits per heavy atom. The number of benzene rings is 2. The molecule has 0 saturated carbocycles. The number of carbonyl (C=O) groups is 1. The van der Waals surface area contributed by atoms with Crippen LogP contribution in [0.2, 0.25) is 0 Å². The van der Waals surface area contributed by atoms with E-state index in [9.17, 15) is 9.90 Å². The molecule has 22 heavy (non-hydrogen) atoms. The summed E-state index contributed by atoms with van der Waals surface area (Å²) in [5.41, 5.74) is 2.80. The van der Waals surface area contributed by atoms with E-state index in [0.717, 1.165) is 11.3 Å². The van der Waals surface area contributed by atoms with Gasteiger partial charge >= 0.3 is 0 Å². The number of nitrogens with one attached hydrogen (secondary N) is 1. The zero-order valence-corrected chi connectivity index (χ0v) is 12.2. The molecule has 2 aromatic rings. The second-order valence-corrected chi connectivity index (χ2v) is 5.23. The summed E-state index contributed by atoms with van der Waals surface area (Å²) in [4.78, 5) is 13.1. The van der Waals surface area contributed by atoms with Crippen molar-refractivity contribution in [2.75, 3.05) is 11.4 Å². The van der Waals surface area contributed by atoms with Gasteiger partial charge in [0, 0.05) is 11.3 Å². The van der Waals surface area contributed by atoms with E-state index in [4.69, 9.17) is 5.41 Å². The zero-order valence-electron chi connectivity index (χ0n) is 12.2. The van der Waals surface area contributed by atoms with Crippen LogP contribution in [0.3, 0.4) is 0 Å². The molecule has 0 spiro atoms. The molecular formula is C18H16N2O2. The summed E-state index contributed by atoms with van der Waals surface area (Å²) in [6.45, 7) is 1.79. The van der Waals surface area contributed by atoms with Crippen LogP contribution in [0.25, 0.3) is 5.57 Å². The standard InChI is InChI=1S/C18H16N2O2/c1-12(21)13-7-9-15(10-8-13)20-11-16(22)17(18(20)19)14-5-3-2-4-6-14/h2-10,19,22H,11H2,1H3. The molecule has 0 bridgehead atoms. The zero-order chi connectivity index (χ0) is 15.7. The summed E-state index contributed by atoms with van der Waals surface area (Å²) >= 11 is 0. The lowest BCUT2D eigenvalue weighted by molar-refractivity contribution is 0.101. The van der Waals surface area contributed by atoms with Crippen molar-refractivity contribution in [2.24, 2.45) is 0 Å². The minimum absolute atomic E-state index is 0.00833. The van der Waals surface area contributed by atoms with E-state index >= 15 is 0 Å². The molecule has 0 amide bonds. The van der Waals surface area contributed by atoms with Crippen LogP contribution in [0.1, 0.15) is 22.8 Å². The molecule has 3 rings (SSSR count). The van der Waals surface area contributed by atoms with E-state index < -0.39 is 0 Å². The number of nitrogens with zero attached hydrogens (tertiary/aromatic N) is 1. The van der Waals surface area contributed by atoms with Crippen molar-refractivity contribution in [3.63, 3.8) is 0 Å². The van der Waals surface area contributed by atoms with Gasteiger partial charge in [0.1, 0.15) is 11.6 Å². The van der Waals surface area contributed by atoms with Gasteiger partial charge in [-0.2, -0.15) is 0 Å². The van der Waals surface area contributed by atoms with Crippen LogP contribution in [0.5, 0.6) is 0 Å². The number of carbonyl (C=O) groups excluding carboxylic acids is 1. The highest BCUT2D eigenvalue weighted by atomic mass is 16.3. The van der Waals surface area contributed by atoms with Gasteiger partial charge in [-0.25, -0.2) is 0 Å². The van der Waals surface area contributed by atoms with E-state index in [1.165, 1.54) is 6.92 Å². The van der Waals surface area contributed by atoms with Gasteiger partial charge in [-0.3, -0.25) is 10.2 Å². The molecule has 0 unspecified atom stereocenters. The molecule has 2 aromatic carbocycles. The molecule has 0 radical (unpaired) electrons. The number of rotatable bonds is 3. The predicted molar refractivity (Wildman–Crippen MR) is 87.5 cm³/mol. The van der Waals surface area contributed by atoms with Crippen molar-refractivity contribution >= 4 is 22.9 Å². The first-order valence-electron chi connectivity index (χ1n) is 7.03. The lowest BCUT2D eigenvalue weighted by atomic mass is 10.1. The van der Waals surface area contributed by atoms with Crippen LogP contribution >= 0.6 is 0 Å². The molecule has 4 heteroatoms. The van der Waals surface area contributed by atoms with E-state index in [1.807, 2.05) is 30.3 Å². The predicted octanol–water partition coefficient (Wildman–Crippen LogP) is 3.66. The highest BCUT2D eigenvalue weighted by Crippen LogP contribution is 2.31. The van der Waals surface area contributed by atoms with E-state index in [0.29, 0.717) is 11.1 Å². The Hall–Kier alpha value is -2.88. The molecule has 110 valence electrons. The molecule has 1 aliphatic rings. The Labute approximate surface area is 128 Å². The van der Waals surface area contributed by atoms with Crippen LogP contribution in [0.4, 0.5) is 5.69 Å². The summed E-state index contributed by atoms with van der Waals surface area (Å²) in [5, 5.41) is 18.6. The van der Waals surface area contributed by atoms with Crippen LogP contribution in [0.15, 0.2) is 60.4 Å². The summed E-state index contributed by atoms with van der Waals surface area (Å²) < 4.78 is 0. The van der Waals surface area contributed by atoms with Crippen molar-refractivity contribution in [3.05, 3.63) is 71.5 Å². The van der Waals surface area contributed by atoms with Gasteiger partial charge in [-0.1, -0.05) is 30.3 Å². The molecule has 0 aliphatic carbocycles. The number of hydrogen-bond donors (Lipinski definition) is 2. The fraction of sp³-hybridized carbons (Fsp3) is 0.111. The van der Waals surface area contributed by atoms with Gasteiger partial charge < -0.3 is 10.0 Å². The molecule has 0 fully saturated rings. The fourth-order valence-corrected chi connectivity index (χ4v) is 2.58. The second-order valence-electron chi connectivity index (χ2n) is 5.23. The minimum Gasteiger partial charge on any atom is -0.510 e.